The van der Waals surface area contributed by atoms with Gasteiger partial charge in [0.1, 0.15) is 0 Å². The minimum absolute atomic E-state index is 0.337. The summed E-state index contributed by atoms with van der Waals surface area (Å²) in [5.74, 6) is 3.06. The first-order valence-electron chi connectivity index (χ1n) is 9.05. The van der Waals surface area contributed by atoms with Crippen LogP contribution in [-0.4, -0.2) is 31.4 Å². The lowest BCUT2D eigenvalue weighted by Gasteiger charge is -2.14. The summed E-state index contributed by atoms with van der Waals surface area (Å²) in [5.41, 5.74) is 1.92. The maximum Gasteiger partial charge on any atom is 0.191 e. The van der Waals surface area contributed by atoms with E-state index in [2.05, 4.69) is 34.6 Å². The minimum Gasteiger partial charge on any atom is -0.489 e. The molecule has 1 aromatic carbocycles. The molecule has 7 nitrogen and oxygen atoms in total. The molecule has 0 aliphatic carbocycles. The highest BCUT2D eigenvalue weighted by molar-refractivity contribution is 6.32. The van der Waals surface area contributed by atoms with Gasteiger partial charge in [0.25, 0.3) is 0 Å². The van der Waals surface area contributed by atoms with Crippen molar-refractivity contribution in [1.82, 2.24) is 15.8 Å². The summed E-state index contributed by atoms with van der Waals surface area (Å²) in [5, 5.41) is 11.1. The summed E-state index contributed by atoms with van der Waals surface area (Å²) >= 11 is 6.34. The molecule has 3 rings (SSSR count). The molecular formula is C19H25ClN4O3. The molecule has 2 N–H and O–H groups in total. The second-order valence-electron chi connectivity index (χ2n) is 6.61. The van der Waals surface area contributed by atoms with E-state index in [1.54, 1.807) is 7.05 Å². The third-order valence-electron chi connectivity index (χ3n) is 4.14. The Bertz CT molecular complexity index is 804. The largest absolute Gasteiger partial charge is 0.489 e. The van der Waals surface area contributed by atoms with E-state index in [0.29, 0.717) is 54.7 Å². The molecule has 0 saturated carbocycles. The van der Waals surface area contributed by atoms with Crippen molar-refractivity contribution in [2.45, 2.75) is 39.3 Å². The number of halogens is 1. The third kappa shape index (κ3) is 5.07. The first-order chi connectivity index (χ1) is 13.1. The summed E-state index contributed by atoms with van der Waals surface area (Å²) in [6.07, 6.45) is 0.843. The van der Waals surface area contributed by atoms with Crippen molar-refractivity contribution in [1.29, 1.82) is 0 Å². The van der Waals surface area contributed by atoms with Crippen molar-refractivity contribution in [2.24, 2.45) is 4.99 Å². The highest BCUT2D eigenvalue weighted by atomic mass is 35.5. The fraction of sp³-hybridized carbons (Fsp3) is 0.474. The van der Waals surface area contributed by atoms with Gasteiger partial charge in [-0.15, -0.1) is 0 Å². The molecular weight excluding hydrogens is 368 g/mol. The zero-order valence-corrected chi connectivity index (χ0v) is 16.6. The van der Waals surface area contributed by atoms with Crippen LogP contribution in [0.3, 0.4) is 0 Å². The zero-order chi connectivity index (χ0) is 19.2. The number of aromatic nitrogens is 1. The molecule has 0 atom stereocenters. The highest BCUT2D eigenvalue weighted by Crippen LogP contribution is 2.37. The number of benzene rings is 1. The van der Waals surface area contributed by atoms with Gasteiger partial charge in [0.15, 0.2) is 23.2 Å². The second-order valence-corrected chi connectivity index (χ2v) is 7.01. The van der Waals surface area contributed by atoms with Crippen LogP contribution in [0.15, 0.2) is 27.7 Å². The van der Waals surface area contributed by atoms with Crippen molar-refractivity contribution in [3.8, 4) is 11.5 Å². The van der Waals surface area contributed by atoms with Crippen molar-refractivity contribution < 1.29 is 14.0 Å². The highest BCUT2D eigenvalue weighted by Gasteiger charge is 2.16. The van der Waals surface area contributed by atoms with Gasteiger partial charge in [-0.05, 0) is 23.6 Å². The smallest absolute Gasteiger partial charge is 0.191 e. The lowest BCUT2D eigenvalue weighted by molar-refractivity contribution is 0.297. The van der Waals surface area contributed by atoms with Gasteiger partial charge in [-0.1, -0.05) is 30.6 Å². The Morgan fingerprint density at radius 3 is 2.70 bits per heavy atom. The van der Waals surface area contributed by atoms with Crippen LogP contribution in [0.5, 0.6) is 11.5 Å². The van der Waals surface area contributed by atoms with Gasteiger partial charge in [0.05, 0.1) is 30.5 Å². The van der Waals surface area contributed by atoms with Crippen molar-refractivity contribution >= 4 is 17.6 Å². The molecule has 0 saturated heterocycles. The van der Waals surface area contributed by atoms with Crippen molar-refractivity contribution in [2.75, 3.05) is 20.3 Å². The van der Waals surface area contributed by atoms with E-state index in [1.807, 2.05) is 18.2 Å². The van der Waals surface area contributed by atoms with E-state index in [-0.39, 0.29) is 0 Å². The first-order valence-corrected chi connectivity index (χ1v) is 9.42. The third-order valence-corrected chi connectivity index (χ3v) is 4.43. The number of nitrogens with zero attached hydrogens (tertiary/aromatic N) is 2. The van der Waals surface area contributed by atoms with Gasteiger partial charge < -0.3 is 24.6 Å². The standard InChI is InChI=1S/C19H25ClN4O3/c1-12(2)16-9-14(27-24-16)11-23-19(21-3)22-10-13-7-15(20)18-17(8-13)25-5-4-6-26-18/h7-9,12H,4-6,10-11H2,1-3H3,(H2,21,22,23). The van der Waals surface area contributed by atoms with Crippen molar-refractivity contribution in [3.63, 3.8) is 0 Å². The molecule has 8 heteroatoms. The number of guanidine groups is 1. The predicted octanol–water partition coefficient (Wildman–Crippen LogP) is 3.48. The summed E-state index contributed by atoms with van der Waals surface area (Å²) in [6.45, 7) is 6.44. The lowest BCUT2D eigenvalue weighted by Crippen LogP contribution is -2.36. The van der Waals surface area contributed by atoms with E-state index in [0.717, 1.165) is 23.4 Å². The van der Waals surface area contributed by atoms with E-state index in [9.17, 15) is 0 Å². The molecule has 2 aromatic rings. The van der Waals surface area contributed by atoms with Crippen LogP contribution in [0.25, 0.3) is 0 Å². The van der Waals surface area contributed by atoms with Crippen molar-refractivity contribution in [3.05, 3.63) is 40.2 Å². The summed E-state index contributed by atoms with van der Waals surface area (Å²) in [6, 6.07) is 5.77. The molecule has 0 unspecified atom stereocenters. The van der Waals surface area contributed by atoms with E-state index in [4.69, 9.17) is 25.6 Å². The zero-order valence-electron chi connectivity index (χ0n) is 15.8. The quantitative estimate of drug-likeness (QED) is 0.599. The molecule has 0 bridgehead atoms. The van der Waals surface area contributed by atoms with Crippen LogP contribution in [0.4, 0.5) is 0 Å². The molecule has 27 heavy (non-hydrogen) atoms. The molecule has 0 radical (unpaired) electrons. The Balaban J connectivity index is 1.57. The normalized spacial score (nSPS) is 14.2. The SMILES string of the molecule is CN=C(NCc1cc(Cl)c2c(c1)OCCCO2)NCc1cc(C(C)C)no1. The second kappa shape index (κ2) is 8.99. The molecule has 0 fully saturated rings. The average Bonchev–Trinajstić information content (AvgIpc) is 3.00. The minimum atomic E-state index is 0.337. The average molecular weight is 393 g/mol. The van der Waals surface area contributed by atoms with Gasteiger partial charge >= 0.3 is 0 Å². The number of fused-ring (bicyclic) bond motifs is 1. The molecule has 146 valence electrons. The maximum atomic E-state index is 6.34. The van der Waals surface area contributed by atoms with Crippen LogP contribution in [0, 0.1) is 0 Å². The summed E-state index contributed by atoms with van der Waals surface area (Å²) in [7, 11) is 1.72. The number of hydrogen-bond donors (Lipinski definition) is 2. The Kier molecular flexibility index (Phi) is 6.45. The fourth-order valence-electron chi connectivity index (χ4n) is 2.65. The van der Waals surface area contributed by atoms with E-state index >= 15 is 0 Å². The van der Waals surface area contributed by atoms with Gasteiger partial charge in [-0.3, -0.25) is 4.99 Å². The number of rotatable bonds is 5. The Labute approximate surface area is 164 Å². The fourth-order valence-corrected chi connectivity index (χ4v) is 2.94. The van der Waals surface area contributed by atoms with Crippen LogP contribution in [0.2, 0.25) is 5.02 Å². The maximum absolute atomic E-state index is 6.34. The molecule has 1 aliphatic rings. The molecule has 2 heterocycles. The van der Waals surface area contributed by atoms with Crippen LogP contribution in [-0.2, 0) is 13.1 Å². The van der Waals surface area contributed by atoms with Crippen LogP contribution < -0.4 is 20.1 Å². The van der Waals surface area contributed by atoms with Gasteiger partial charge in [0.2, 0.25) is 0 Å². The number of ether oxygens (including phenoxy) is 2. The Morgan fingerprint density at radius 1 is 1.19 bits per heavy atom. The number of nitrogens with one attached hydrogen (secondary N) is 2. The van der Waals surface area contributed by atoms with Gasteiger partial charge in [-0.25, -0.2) is 0 Å². The molecule has 0 spiro atoms. The number of aliphatic imine (C=N–C) groups is 1. The summed E-state index contributed by atoms with van der Waals surface area (Å²) in [4.78, 5) is 4.23. The summed E-state index contributed by atoms with van der Waals surface area (Å²) < 4.78 is 16.7. The first kappa shape index (κ1) is 19.4. The molecule has 0 amide bonds. The van der Waals surface area contributed by atoms with Crippen LogP contribution in [0.1, 0.15) is 43.2 Å². The Hall–Kier alpha value is -2.41. The topological polar surface area (TPSA) is 80.9 Å². The van der Waals surface area contributed by atoms with Crippen LogP contribution >= 0.6 is 11.6 Å². The number of hydrogen-bond acceptors (Lipinski definition) is 5. The monoisotopic (exact) mass is 392 g/mol. The Morgan fingerprint density at radius 2 is 1.96 bits per heavy atom. The predicted molar refractivity (Wildman–Crippen MR) is 105 cm³/mol. The lowest BCUT2D eigenvalue weighted by atomic mass is 10.1. The molecule has 1 aliphatic heterocycles. The van der Waals surface area contributed by atoms with E-state index < -0.39 is 0 Å². The molecule has 1 aromatic heterocycles. The van der Waals surface area contributed by atoms with Gasteiger partial charge in [0, 0.05) is 26.1 Å². The van der Waals surface area contributed by atoms with Gasteiger partial charge in [-0.2, -0.15) is 0 Å². The van der Waals surface area contributed by atoms with E-state index in [1.165, 1.54) is 0 Å².